The van der Waals surface area contributed by atoms with Crippen LogP contribution in [0.4, 0.5) is 0 Å². The standard InChI is InChI=1S/C14H28N2O/c1-5-13(2,3)16-12(17)10-15-11-14(4)8-6-7-9-14/h15H,5-11H2,1-4H3,(H,16,17). The van der Waals surface area contributed by atoms with Crippen molar-refractivity contribution in [2.75, 3.05) is 13.1 Å². The van der Waals surface area contributed by atoms with Gasteiger partial charge in [-0.05, 0) is 38.5 Å². The molecular weight excluding hydrogens is 212 g/mol. The molecule has 2 N–H and O–H groups in total. The molecular formula is C14H28N2O. The second kappa shape index (κ2) is 5.85. The molecule has 3 nitrogen and oxygen atoms in total. The zero-order valence-electron chi connectivity index (χ0n) is 11.9. The van der Waals surface area contributed by atoms with E-state index in [4.69, 9.17) is 0 Å². The van der Waals surface area contributed by atoms with E-state index in [2.05, 4.69) is 38.3 Å². The number of nitrogens with one attached hydrogen (secondary N) is 2. The zero-order chi connectivity index (χ0) is 12.9. The van der Waals surface area contributed by atoms with Gasteiger partial charge in [0.05, 0.1) is 6.54 Å². The molecule has 1 amide bonds. The molecule has 3 heteroatoms. The summed E-state index contributed by atoms with van der Waals surface area (Å²) in [6, 6.07) is 0. The van der Waals surface area contributed by atoms with E-state index in [1.807, 2.05) is 0 Å². The van der Waals surface area contributed by atoms with Crippen LogP contribution < -0.4 is 10.6 Å². The third-order valence-electron chi connectivity index (χ3n) is 4.01. The van der Waals surface area contributed by atoms with Gasteiger partial charge in [-0.25, -0.2) is 0 Å². The molecule has 0 bridgehead atoms. The van der Waals surface area contributed by atoms with Gasteiger partial charge in [-0.2, -0.15) is 0 Å². The highest BCUT2D eigenvalue weighted by atomic mass is 16.2. The minimum absolute atomic E-state index is 0.0873. The largest absolute Gasteiger partial charge is 0.350 e. The van der Waals surface area contributed by atoms with Crippen LogP contribution in [0.1, 0.15) is 59.8 Å². The number of carbonyl (C=O) groups excluding carboxylic acids is 1. The molecule has 0 atom stereocenters. The summed E-state index contributed by atoms with van der Waals surface area (Å²) in [5, 5.41) is 6.34. The van der Waals surface area contributed by atoms with E-state index in [-0.39, 0.29) is 11.4 Å². The van der Waals surface area contributed by atoms with Crippen LogP contribution in [0.3, 0.4) is 0 Å². The minimum Gasteiger partial charge on any atom is -0.350 e. The maximum Gasteiger partial charge on any atom is 0.234 e. The molecule has 0 radical (unpaired) electrons. The van der Waals surface area contributed by atoms with Crippen molar-refractivity contribution in [1.82, 2.24) is 10.6 Å². The SMILES string of the molecule is CCC(C)(C)NC(=O)CNCC1(C)CCCC1. The molecule has 1 aliphatic carbocycles. The first-order valence-corrected chi connectivity index (χ1v) is 6.89. The first-order chi connectivity index (χ1) is 7.87. The van der Waals surface area contributed by atoms with E-state index in [0.29, 0.717) is 12.0 Å². The van der Waals surface area contributed by atoms with Crippen LogP contribution in [-0.4, -0.2) is 24.5 Å². The van der Waals surface area contributed by atoms with Crippen molar-refractivity contribution in [1.29, 1.82) is 0 Å². The molecule has 0 unspecified atom stereocenters. The van der Waals surface area contributed by atoms with Crippen molar-refractivity contribution in [3.05, 3.63) is 0 Å². The quantitative estimate of drug-likeness (QED) is 0.749. The van der Waals surface area contributed by atoms with Crippen molar-refractivity contribution in [2.24, 2.45) is 5.41 Å². The van der Waals surface area contributed by atoms with Gasteiger partial charge in [0.2, 0.25) is 5.91 Å². The summed E-state index contributed by atoms with van der Waals surface area (Å²) in [5.74, 6) is 0.110. The fourth-order valence-electron chi connectivity index (χ4n) is 2.39. The molecule has 100 valence electrons. The van der Waals surface area contributed by atoms with Gasteiger partial charge in [0.15, 0.2) is 0 Å². The normalized spacial score (nSPS) is 19.3. The molecule has 0 aromatic carbocycles. The minimum atomic E-state index is -0.0873. The van der Waals surface area contributed by atoms with Crippen LogP contribution in [0.25, 0.3) is 0 Å². The van der Waals surface area contributed by atoms with Crippen molar-refractivity contribution in [3.63, 3.8) is 0 Å². The van der Waals surface area contributed by atoms with Crippen LogP contribution in [0.2, 0.25) is 0 Å². The molecule has 1 aliphatic rings. The Morgan fingerprint density at radius 1 is 1.29 bits per heavy atom. The van der Waals surface area contributed by atoms with Crippen molar-refractivity contribution >= 4 is 5.91 Å². The maximum atomic E-state index is 11.7. The fourth-order valence-corrected chi connectivity index (χ4v) is 2.39. The Bertz CT molecular complexity index is 255. The highest BCUT2D eigenvalue weighted by Crippen LogP contribution is 2.36. The van der Waals surface area contributed by atoms with Crippen molar-refractivity contribution in [2.45, 2.75) is 65.3 Å². The van der Waals surface area contributed by atoms with Crippen molar-refractivity contribution < 1.29 is 4.79 Å². The van der Waals surface area contributed by atoms with Crippen LogP contribution >= 0.6 is 0 Å². The summed E-state index contributed by atoms with van der Waals surface area (Å²) in [6.45, 7) is 9.94. The number of amides is 1. The number of rotatable bonds is 6. The van der Waals surface area contributed by atoms with Gasteiger partial charge in [0, 0.05) is 12.1 Å². The molecule has 0 spiro atoms. The number of hydrogen-bond donors (Lipinski definition) is 2. The van der Waals surface area contributed by atoms with Gasteiger partial charge < -0.3 is 10.6 Å². The third-order valence-corrected chi connectivity index (χ3v) is 4.01. The summed E-state index contributed by atoms with van der Waals surface area (Å²) in [5.41, 5.74) is 0.330. The van der Waals surface area contributed by atoms with E-state index >= 15 is 0 Å². The monoisotopic (exact) mass is 240 g/mol. The number of carbonyl (C=O) groups is 1. The van der Waals surface area contributed by atoms with Gasteiger partial charge >= 0.3 is 0 Å². The second-order valence-electron chi connectivity index (χ2n) is 6.41. The predicted molar refractivity (Wildman–Crippen MR) is 72.0 cm³/mol. The molecule has 0 heterocycles. The Hall–Kier alpha value is -0.570. The van der Waals surface area contributed by atoms with Crippen LogP contribution in [0, 0.1) is 5.41 Å². The van der Waals surface area contributed by atoms with E-state index in [0.717, 1.165) is 13.0 Å². The highest BCUT2D eigenvalue weighted by Gasteiger charge is 2.28. The Kier molecular flexibility index (Phi) is 4.99. The molecule has 1 saturated carbocycles. The molecule has 17 heavy (non-hydrogen) atoms. The Morgan fingerprint density at radius 3 is 2.41 bits per heavy atom. The van der Waals surface area contributed by atoms with Gasteiger partial charge in [-0.15, -0.1) is 0 Å². The van der Waals surface area contributed by atoms with E-state index in [1.54, 1.807) is 0 Å². The molecule has 0 aromatic rings. The summed E-state index contributed by atoms with van der Waals surface area (Å²) >= 11 is 0. The van der Waals surface area contributed by atoms with Crippen molar-refractivity contribution in [3.8, 4) is 0 Å². The second-order valence-corrected chi connectivity index (χ2v) is 6.41. The highest BCUT2D eigenvalue weighted by molar-refractivity contribution is 5.78. The molecule has 1 fully saturated rings. The molecule has 0 aromatic heterocycles. The van der Waals surface area contributed by atoms with Gasteiger partial charge in [0.1, 0.15) is 0 Å². The van der Waals surface area contributed by atoms with Crippen LogP contribution in [-0.2, 0) is 4.79 Å². The van der Waals surface area contributed by atoms with Gasteiger partial charge in [-0.1, -0.05) is 26.7 Å². The Balaban J connectivity index is 2.20. The first kappa shape index (κ1) is 14.5. The smallest absolute Gasteiger partial charge is 0.234 e. The van der Waals surface area contributed by atoms with Crippen LogP contribution in [0.15, 0.2) is 0 Å². The Morgan fingerprint density at radius 2 is 1.88 bits per heavy atom. The lowest BCUT2D eigenvalue weighted by atomic mass is 9.89. The average Bonchev–Trinajstić information content (AvgIpc) is 2.64. The summed E-state index contributed by atoms with van der Waals surface area (Å²) in [7, 11) is 0. The van der Waals surface area contributed by atoms with E-state index < -0.39 is 0 Å². The first-order valence-electron chi connectivity index (χ1n) is 6.89. The maximum absolute atomic E-state index is 11.7. The fraction of sp³-hybridized carbons (Fsp3) is 0.929. The predicted octanol–water partition coefficient (Wildman–Crippen LogP) is 2.46. The summed E-state index contributed by atoms with van der Waals surface area (Å²) in [6.07, 6.45) is 6.22. The molecule has 0 saturated heterocycles. The third kappa shape index (κ3) is 5.07. The van der Waals surface area contributed by atoms with E-state index in [1.165, 1.54) is 25.7 Å². The Labute approximate surface area is 106 Å². The number of hydrogen-bond acceptors (Lipinski definition) is 2. The average molecular weight is 240 g/mol. The van der Waals surface area contributed by atoms with Gasteiger partial charge in [-0.3, -0.25) is 4.79 Å². The molecule has 1 rings (SSSR count). The van der Waals surface area contributed by atoms with Gasteiger partial charge in [0.25, 0.3) is 0 Å². The van der Waals surface area contributed by atoms with Crippen LogP contribution in [0.5, 0.6) is 0 Å². The summed E-state index contributed by atoms with van der Waals surface area (Å²) < 4.78 is 0. The molecule has 0 aliphatic heterocycles. The lowest BCUT2D eigenvalue weighted by Gasteiger charge is -2.26. The lowest BCUT2D eigenvalue weighted by Crippen LogP contribution is -2.47. The van der Waals surface area contributed by atoms with E-state index in [9.17, 15) is 4.79 Å². The summed E-state index contributed by atoms with van der Waals surface area (Å²) in [4.78, 5) is 11.7. The zero-order valence-corrected chi connectivity index (χ0v) is 11.9. The topological polar surface area (TPSA) is 41.1 Å². The lowest BCUT2D eigenvalue weighted by molar-refractivity contribution is -0.121.